The summed E-state index contributed by atoms with van der Waals surface area (Å²) in [4.78, 5) is 0. The molecule has 0 saturated carbocycles. The van der Waals surface area contributed by atoms with E-state index in [1.807, 2.05) is 0 Å². The molecule has 2 aromatic rings. The SMILES string of the molecule is OC[C@H]1O[C@@H](Oc2ccc(CCCC[C@H](O)CCc3ccc(O[C@@H]4O[C@H](CO)[C@@H](O)[C@H](O)[C@H]4O)c(O)c3)cc2O)[C@H](O)[C@@H](O)[C@@H]1O. The number of aryl methyl sites for hydroxylation is 2. The van der Waals surface area contributed by atoms with Crippen LogP contribution in [-0.4, -0.2) is 137 Å². The van der Waals surface area contributed by atoms with Crippen LogP contribution < -0.4 is 9.47 Å². The van der Waals surface area contributed by atoms with Crippen LogP contribution in [0.3, 0.4) is 0 Å². The van der Waals surface area contributed by atoms with Gasteiger partial charge in [0.05, 0.1) is 19.3 Å². The van der Waals surface area contributed by atoms with E-state index in [1.165, 1.54) is 24.3 Å². The molecular weight excluding hydrogens is 612 g/mol. The van der Waals surface area contributed by atoms with Gasteiger partial charge in [0.2, 0.25) is 12.6 Å². The van der Waals surface area contributed by atoms with Gasteiger partial charge < -0.3 is 75.1 Å². The Balaban J connectivity index is 1.18. The molecule has 0 aromatic heterocycles. The molecule has 15 heteroatoms. The summed E-state index contributed by atoms with van der Waals surface area (Å²) in [7, 11) is 0. The van der Waals surface area contributed by atoms with Gasteiger partial charge in [-0.1, -0.05) is 18.6 Å². The average molecular weight is 657 g/mol. The third-order valence-electron chi connectivity index (χ3n) is 8.25. The minimum absolute atomic E-state index is 0.0111. The van der Waals surface area contributed by atoms with Crippen molar-refractivity contribution in [1.82, 2.24) is 0 Å². The van der Waals surface area contributed by atoms with Gasteiger partial charge in [-0.05, 0) is 67.5 Å². The number of unbranched alkanes of at least 4 members (excludes halogenated alkanes) is 1. The van der Waals surface area contributed by atoms with E-state index >= 15 is 0 Å². The van der Waals surface area contributed by atoms with Gasteiger partial charge >= 0.3 is 0 Å². The fraction of sp³-hybridized carbons (Fsp3) is 0.613. The zero-order chi connectivity index (χ0) is 33.5. The summed E-state index contributed by atoms with van der Waals surface area (Å²) in [5.41, 5.74) is 1.52. The van der Waals surface area contributed by atoms with Crippen LogP contribution in [0.2, 0.25) is 0 Å². The quantitative estimate of drug-likeness (QED) is 0.0999. The number of hydrogen-bond acceptors (Lipinski definition) is 15. The molecule has 2 aliphatic rings. The van der Waals surface area contributed by atoms with Gasteiger partial charge in [-0.2, -0.15) is 0 Å². The molecule has 2 fully saturated rings. The molecular formula is C31H44O15. The Kier molecular flexibility index (Phi) is 12.8. The number of aromatic hydroxyl groups is 2. The first-order valence-electron chi connectivity index (χ1n) is 15.2. The molecule has 46 heavy (non-hydrogen) atoms. The second kappa shape index (κ2) is 16.3. The predicted molar refractivity (Wildman–Crippen MR) is 157 cm³/mol. The highest BCUT2D eigenvalue weighted by Crippen LogP contribution is 2.33. The van der Waals surface area contributed by atoms with Gasteiger partial charge in [0.25, 0.3) is 0 Å². The van der Waals surface area contributed by atoms with Crippen LogP contribution in [0, 0.1) is 0 Å². The van der Waals surface area contributed by atoms with Crippen LogP contribution in [0.4, 0.5) is 0 Å². The van der Waals surface area contributed by atoms with E-state index in [4.69, 9.17) is 18.9 Å². The summed E-state index contributed by atoms with van der Waals surface area (Å²) in [6.07, 6.45) is -11.8. The van der Waals surface area contributed by atoms with Crippen molar-refractivity contribution in [3.05, 3.63) is 47.5 Å². The van der Waals surface area contributed by atoms with Crippen molar-refractivity contribution >= 4 is 0 Å². The first-order valence-corrected chi connectivity index (χ1v) is 15.2. The van der Waals surface area contributed by atoms with Crippen molar-refractivity contribution in [3.8, 4) is 23.0 Å². The van der Waals surface area contributed by atoms with Gasteiger partial charge in [-0.3, -0.25) is 0 Å². The van der Waals surface area contributed by atoms with E-state index in [0.29, 0.717) is 38.5 Å². The van der Waals surface area contributed by atoms with Gasteiger partial charge in [0.15, 0.2) is 23.0 Å². The van der Waals surface area contributed by atoms with Crippen LogP contribution in [0.15, 0.2) is 36.4 Å². The minimum atomic E-state index is -1.61. The van der Waals surface area contributed by atoms with Crippen molar-refractivity contribution in [2.24, 2.45) is 0 Å². The van der Waals surface area contributed by atoms with Crippen LogP contribution in [0.1, 0.15) is 36.8 Å². The van der Waals surface area contributed by atoms with Crippen molar-refractivity contribution in [1.29, 1.82) is 0 Å². The van der Waals surface area contributed by atoms with E-state index in [1.54, 1.807) is 12.1 Å². The monoisotopic (exact) mass is 656 g/mol. The lowest BCUT2D eigenvalue weighted by Gasteiger charge is -2.39. The van der Waals surface area contributed by atoms with Gasteiger partial charge in [-0.15, -0.1) is 0 Å². The van der Waals surface area contributed by atoms with Crippen LogP contribution in [0.25, 0.3) is 0 Å². The Hall–Kier alpha value is -2.80. The molecule has 0 amide bonds. The summed E-state index contributed by atoms with van der Waals surface area (Å²) in [5.74, 6) is -0.518. The fourth-order valence-electron chi connectivity index (χ4n) is 5.40. The van der Waals surface area contributed by atoms with E-state index < -0.39 is 80.7 Å². The van der Waals surface area contributed by atoms with E-state index in [-0.39, 0.29) is 23.0 Å². The topological polar surface area (TPSA) is 259 Å². The largest absolute Gasteiger partial charge is 0.504 e. The molecule has 0 unspecified atom stereocenters. The zero-order valence-electron chi connectivity index (χ0n) is 25.0. The molecule has 4 rings (SSSR count). The van der Waals surface area contributed by atoms with Gasteiger partial charge in [-0.25, -0.2) is 0 Å². The number of benzene rings is 2. The second-order valence-corrected chi connectivity index (χ2v) is 11.7. The number of aliphatic hydroxyl groups excluding tert-OH is 9. The molecule has 0 spiro atoms. The van der Waals surface area contributed by atoms with Crippen LogP contribution >= 0.6 is 0 Å². The molecule has 2 heterocycles. The molecule has 2 aromatic carbocycles. The molecule has 0 bridgehead atoms. The summed E-state index contributed by atoms with van der Waals surface area (Å²) < 4.78 is 21.6. The lowest BCUT2D eigenvalue weighted by molar-refractivity contribution is -0.277. The Morgan fingerprint density at radius 3 is 1.48 bits per heavy atom. The molecule has 11 atom stereocenters. The number of hydrogen-bond donors (Lipinski definition) is 11. The number of aliphatic hydroxyl groups is 9. The highest BCUT2D eigenvalue weighted by molar-refractivity contribution is 5.43. The minimum Gasteiger partial charge on any atom is -0.504 e. The Bertz CT molecular complexity index is 1240. The van der Waals surface area contributed by atoms with E-state index in [9.17, 15) is 56.2 Å². The third-order valence-corrected chi connectivity index (χ3v) is 8.25. The van der Waals surface area contributed by atoms with E-state index in [0.717, 1.165) is 11.1 Å². The maximum absolute atomic E-state index is 10.5. The van der Waals surface area contributed by atoms with Gasteiger partial charge in [0.1, 0.15) is 48.8 Å². The lowest BCUT2D eigenvalue weighted by Crippen LogP contribution is -2.60. The van der Waals surface area contributed by atoms with E-state index in [2.05, 4.69) is 0 Å². The summed E-state index contributed by atoms with van der Waals surface area (Å²) in [6.45, 7) is -1.21. The van der Waals surface area contributed by atoms with Gasteiger partial charge in [0, 0.05) is 0 Å². The van der Waals surface area contributed by atoms with Crippen LogP contribution in [0.5, 0.6) is 23.0 Å². The summed E-state index contributed by atoms with van der Waals surface area (Å²) in [6, 6.07) is 9.26. The lowest BCUT2D eigenvalue weighted by atomic mass is 9.99. The standard InChI is InChI=1S/C31H44O15/c32-13-22-24(37)26(39)28(41)30(45-22)43-20-9-6-15(11-18(20)35)3-1-2-4-17(34)8-5-16-7-10-21(19(36)12-16)44-31-29(42)27(40)25(38)23(14-33)46-31/h6-7,9-12,17,22-42H,1-5,8,13-14H2/t17-,22+,23+,24+,25+,26-,27-,28+,29+,30+,31+/m0/s1. The first-order chi connectivity index (χ1) is 21.9. The normalized spacial score (nSPS) is 32.2. The Morgan fingerprint density at radius 1 is 0.587 bits per heavy atom. The smallest absolute Gasteiger partial charge is 0.229 e. The maximum Gasteiger partial charge on any atom is 0.229 e. The van der Waals surface area contributed by atoms with Crippen molar-refractivity contribution < 1.29 is 75.1 Å². The number of phenolic OH excluding ortho intramolecular Hbond substituents is 2. The second-order valence-electron chi connectivity index (χ2n) is 11.7. The average Bonchev–Trinajstić information content (AvgIpc) is 3.04. The number of ether oxygens (including phenoxy) is 4. The van der Waals surface area contributed by atoms with Crippen molar-refractivity contribution in [2.45, 2.75) is 106 Å². The van der Waals surface area contributed by atoms with Crippen molar-refractivity contribution in [3.63, 3.8) is 0 Å². The molecule has 11 N–H and O–H groups in total. The molecule has 0 radical (unpaired) electrons. The number of rotatable bonds is 14. The highest BCUT2D eigenvalue weighted by atomic mass is 16.7. The highest BCUT2D eigenvalue weighted by Gasteiger charge is 2.46. The zero-order valence-corrected chi connectivity index (χ0v) is 25.0. The third kappa shape index (κ3) is 8.76. The first kappa shape index (κ1) is 36.0. The van der Waals surface area contributed by atoms with Crippen molar-refractivity contribution in [2.75, 3.05) is 13.2 Å². The Labute approximate surface area is 265 Å². The molecule has 2 aliphatic heterocycles. The van der Waals surface area contributed by atoms with Crippen LogP contribution in [-0.2, 0) is 22.3 Å². The molecule has 0 aliphatic carbocycles. The fourth-order valence-corrected chi connectivity index (χ4v) is 5.40. The maximum atomic E-state index is 10.5. The summed E-state index contributed by atoms with van der Waals surface area (Å²) >= 11 is 0. The predicted octanol–water partition coefficient (Wildman–Crippen LogP) is -1.84. The summed E-state index contributed by atoms with van der Waals surface area (Å²) in [5, 5.41) is 110. The molecule has 15 nitrogen and oxygen atoms in total. The Morgan fingerprint density at radius 2 is 1.04 bits per heavy atom. The molecule has 2 saturated heterocycles. The molecule has 258 valence electrons. The number of phenols is 2.